The van der Waals surface area contributed by atoms with Gasteiger partial charge in [0.15, 0.2) is 0 Å². The maximum absolute atomic E-state index is 13.5. The van der Waals surface area contributed by atoms with Crippen LogP contribution in [0.2, 0.25) is 5.02 Å². The smallest absolute Gasteiger partial charge is 0.126 e. The molecule has 1 atom stereocenters. The van der Waals surface area contributed by atoms with Crippen molar-refractivity contribution in [3.05, 3.63) is 52.1 Å². The van der Waals surface area contributed by atoms with Crippen molar-refractivity contribution in [2.24, 2.45) is 7.05 Å². The summed E-state index contributed by atoms with van der Waals surface area (Å²) in [7, 11) is 1.78. The number of aliphatic hydroxyl groups is 1. The van der Waals surface area contributed by atoms with Gasteiger partial charge < -0.3 is 5.11 Å². The Balaban J connectivity index is 2.10. The van der Waals surface area contributed by atoms with Crippen molar-refractivity contribution >= 4 is 11.6 Å². The summed E-state index contributed by atoms with van der Waals surface area (Å²) in [4.78, 5) is 0. The minimum atomic E-state index is -0.691. The van der Waals surface area contributed by atoms with Gasteiger partial charge in [-0.25, -0.2) is 4.39 Å². The van der Waals surface area contributed by atoms with Crippen LogP contribution in [0.15, 0.2) is 24.3 Å². The van der Waals surface area contributed by atoms with E-state index in [2.05, 4.69) is 5.10 Å². The van der Waals surface area contributed by atoms with Crippen molar-refractivity contribution in [1.82, 2.24) is 9.78 Å². The van der Waals surface area contributed by atoms with E-state index in [9.17, 15) is 9.50 Å². The monoisotopic (exact) mass is 282 g/mol. The Hall–Kier alpha value is -1.39. The molecule has 1 N–H and O–H groups in total. The van der Waals surface area contributed by atoms with Gasteiger partial charge in [-0.15, -0.1) is 0 Å². The Morgan fingerprint density at radius 1 is 1.37 bits per heavy atom. The van der Waals surface area contributed by atoms with E-state index in [4.69, 9.17) is 11.6 Å². The van der Waals surface area contributed by atoms with Crippen LogP contribution in [-0.4, -0.2) is 21.0 Å². The summed E-state index contributed by atoms with van der Waals surface area (Å²) in [5.41, 5.74) is 2.00. The summed E-state index contributed by atoms with van der Waals surface area (Å²) >= 11 is 6.12. The average molecular weight is 283 g/mol. The molecule has 1 aromatic heterocycles. The molecule has 1 heterocycles. The second-order valence-electron chi connectivity index (χ2n) is 4.62. The third-order valence-corrected chi connectivity index (χ3v) is 3.60. The van der Waals surface area contributed by atoms with E-state index in [0.717, 1.165) is 11.4 Å². The predicted molar refractivity (Wildman–Crippen MR) is 72.8 cm³/mol. The van der Waals surface area contributed by atoms with E-state index in [-0.39, 0.29) is 12.2 Å². The normalized spacial score (nSPS) is 12.7. The van der Waals surface area contributed by atoms with Gasteiger partial charge in [-0.1, -0.05) is 29.8 Å². The molecule has 0 aliphatic rings. The zero-order chi connectivity index (χ0) is 14.0. The molecule has 0 amide bonds. The molecule has 5 heteroatoms. The fourth-order valence-corrected chi connectivity index (χ4v) is 2.35. The summed E-state index contributed by atoms with van der Waals surface area (Å²) in [6, 6.07) is 6.46. The Morgan fingerprint density at radius 3 is 2.63 bits per heavy atom. The van der Waals surface area contributed by atoms with Gasteiger partial charge in [0.2, 0.25) is 0 Å². The van der Waals surface area contributed by atoms with E-state index in [1.165, 1.54) is 6.07 Å². The highest BCUT2D eigenvalue weighted by molar-refractivity contribution is 6.31. The van der Waals surface area contributed by atoms with E-state index < -0.39 is 6.10 Å². The summed E-state index contributed by atoms with van der Waals surface area (Å²) in [6.45, 7) is 1.81. The first kappa shape index (κ1) is 14.0. The SMILES string of the molecule is Cc1nn(C)c(CC(O)Cc2ccccc2F)c1Cl. The van der Waals surface area contributed by atoms with E-state index >= 15 is 0 Å². The van der Waals surface area contributed by atoms with Crippen LogP contribution in [0.5, 0.6) is 0 Å². The maximum Gasteiger partial charge on any atom is 0.126 e. The zero-order valence-corrected chi connectivity index (χ0v) is 11.7. The van der Waals surface area contributed by atoms with E-state index in [0.29, 0.717) is 17.0 Å². The van der Waals surface area contributed by atoms with Crippen molar-refractivity contribution in [3.63, 3.8) is 0 Å². The van der Waals surface area contributed by atoms with Crippen LogP contribution in [-0.2, 0) is 19.9 Å². The van der Waals surface area contributed by atoms with Gasteiger partial charge in [0, 0.05) is 19.9 Å². The van der Waals surface area contributed by atoms with Crippen molar-refractivity contribution < 1.29 is 9.50 Å². The van der Waals surface area contributed by atoms with Gasteiger partial charge in [-0.2, -0.15) is 5.10 Å². The van der Waals surface area contributed by atoms with Crippen LogP contribution >= 0.6 is 11.6 Å². The molecule has 0 fully saturated rings. The number of aryl methyl sites for hydroxylation is 2. The van der Waals surface area contributed by atoms with Crippen molar-refractivity contribution in [2.75, 3.05) is 0 Å². The van der Waals surface area contributed by atoms with Gasteiger partial charge in [0.1, 0.15) is 5.82 Å². The molecule has 2 rings (SSSR count). The van der Waals surface area contributed by atoms with Crippen LogP contribution in [0.1, 0.15) is 17.0 Å². The third kappa shape index (κ3) is 3.14. The first-order valence-corrected chi connectivity index (χ1v) is 6.46. The van der Waals surface area contributed by atoms with Crippen LogP contribution in [0, 0.1) is 12.7 Å². The lowest BCUT2D eigenvalue weighted by atomic mass is 10.0. The lowest BCUT2D eigenvalue weighted by Crippen LogP contribution is -2.17. The van der Waals surface area contributed by atoms with Gasteiger partial charge in [-0.05, 0) is 18.6 Å². The van der Waals surface area contributed by atoms with Gasteiger partial charge in [0.25, 0.3) is 0 Å². The first-order valence-electron chi connectivity index (χ1n) is 6.08. The molecule has 0 aliphatic carbocycles. The zero-order valence-electron chi connectivity index (χ0n) is 10.9. The van der Waals surface area contributed by atoms with Crippen molar-refractivity contribution in [1.29, 1.82) is 0 Å². The van der Waals surface area contributed by atoms with Crippen molar-refractivity contribution in [3.8, 4) is 0 Å². The Kier molecular flexibility index (Phi) is 4.22. The Bertz CT molecular complexity index is 583. The lowest BCUT2D eigenvalue weighted by molar-refractivity contribution is 0.171. The van der Waals surface area contributed by atoms with Crippen LogP contribution < -0.4 is 0 Å². The number of hydrogen-bond donors (Lipinski definition) is 1. The molecule has 0 spiro atoms. The molecule has 0 saturated carbocycles. The second-order valence-corrected chi connectivity index (χ2v) is 5.00. The second kappa shape index (κ2) is 5.72. The minimum absolute atomic E-state index is 0.257. The molecule has 102 valence electrons. The van der Waals surface area contributed by atoms with Crippen molar-refractivity contribution in [2.45, 2.75) is 25.9 Å². The largest absolute Gasteiger partial charge is 0.392 e. The van der Waals surface area contributed by atoms with Crippen LogP contribution in [0.25, 0.3) is 0 Å². The highest BCUT2D eigenvalue weighted by Crippen LogP contribution is 2.21. The standard InChI is InChI=1S/C14H16ClFN2O/c1-9-14(15)13(18(2)17-9)8-11(19)7-10-5-3-4-6-12(10)16/h3-6,11,19H,7-8H2,1-2H3. The third-order valence-electron chi connectivity index (χ3n) is 3.10. The van der Waals surface area contributed by atoms with E-state index in [1.807, 2.05) is 6.92 Å². The van der Waals surface area contributed by atoms with Crippen LogP contribution in [0.4, 0.5) is 4.39 Å². The Morgan fingerprint density at radius 2 is 2.05 bits per heavy atom. The Labute approximate surface area is 116 Å². The molecule has 0 radical (unpaired) electrons. The molecule has 2 aromatic rings. The lowest BCUT2D eigenvalue weighted by Gasteiger charge is -2.12. The number of aromatic nitrogens is 2. The average Bonchev–Trinajstić information content (AvgIpc) is 2.59. The number of hydrogen-bond acceptors (Lipinski definition) is 2. The highest BCUT2D eigenvalue weighted by Gasteiger charge is 2.16. The minimum Gasteiger partial charge on any atom is -0.392 e. The molecule has 0 aliphatic heterocycles. The van der Waals surface area contributed by atoms with Crippen LogP contribution in [0.3, 0.4) is 0 Å². The van der Waals surface area contributed by atoms with E-state index in [1.54, 1.807) is 29.9 Å². The molecule has 0 saturated heterocycles. The highest BCUT2D eigenvalue weighted by atomic mass is 35.5. The van der Waals surface area contributed by atoms with Gasteiger partial charge >= 0.3 is 0 Å². The summed E-state index contributed by atoms with van der Waals surface area (Å²) in [5.74, 6) is -0.297. The summed E-state index contributed by atoms with van der Waals surface area (Å²) < 4.78 is 15.2. The summed E-state index contributed by atoms with van der Waals surface area (Å²) in [5, 5.41) is 14.8. The molecule has 3 nitrogen and oxygen atoms in total. The number of halogens is 2. The predicted octanol–water partition coefficient (Wildman–Crippen LogP) is 2.67. The van der Waals surface area contributed by atoms with Gasteiger partial charge in [0.05, 0.1) is 22.5 Å². The molecule has 1 unspecified atom stereocenters. The number of aliphatic hydroxyl groups excluding tert-OH is 1. The van der Waals surface area contributed by atoms with Gasteiger partial charge in [-0.3, -0.25) is 4.68 Å². The molecule has 1 aromatic carbocycles. The topological polar surface area (TPSA) is 38.0 Å². The maximum atomic E-state index is 13.5. The summed E-state index contributed by atoms with van der Waals surface area (Å²) in [6.07, 6.45) is -0.0817. The molecular weight excluding hydrogens is 267 g/mol. The fraction of sp³-hybridized carbons (Fsp3) is 0.357. The number of benzene rings is 1. The quantitative estimate of drug-likeness (QED) is 0.936. The number of rotatable bonds is 4. The fourth-order valence-electron chi connectivity index (χ4n) is 2.11. The molecule has 0 bridgehead atoms. The molecular formula is C14H16ClFN2O. The number of nitrogens with zero attached hydrogens (tertiary/aromatic N) is 2. The first-order chi connectivity index (χ1) is 8.99. The molecule has 19 heavy (non-hydrogen) atoms.